The van der Waals surface area contributed by atoms with Crippen LogP contribution < -0.4 is 9.64 Å². The molecule has 2 aromatic rings. The molecule has 4 rings (SSSR count). The summed E-state index contributed by atoms with van der Waals surface area (Å²) < 4.78 is 11.3. The average molecular weight is 366 g/mol. The van der Waals surface area contributed by atoms with Gasteiger partial charge in [0, 0.05) is 19.5 Å². The van der Waals surface area contributed by atoms with Gasteiger partial charge in [0.2, 0.25) is 5.91 Å². The molecule has 0 bridgehead atoms. The summed E-state index contributed by atoms with van der Waals surface area (Å²) in [4.78, 5) is 28.5. The molecule has 0 spiro atoms. The molecule has 0 radical (unpaired) electrons. The molecule has 2 aromatic carbocycles. The van der Waals surface area contributed by atoms with Gasteiger partial charge in [-0.3, -0.25) is 9.59 Å². The minimum Gasteiger partial charge on any atom is -0.482 e. The van der Waals surface area contributed by atoms with Gasteiger partial charge in [-0.05, 0) is 17.7 Å². The normalized spacial score (nSPS) is 19.4. The Morgan fingerprint density at radius 2 is 1.85 bits per heavy atom. The number of morpholine rings is 1. The number of fused-ring (bicyclic) bond motifs is 1. The highest BCUT2D eigenvalue weighted by Crippen LogP contribution is 2.31. The molecular formula is C21H22N2O4. The number of benzene rings is 2. The molecule has 1 fully saturated rings. The predicted octanol–water partition coefficient (Wildman–Crippen LogP) is 2.40. The first-order valence-electron chi connectivity index (χ1n) is 9.19. The highest BCUT2D eigenvalue weighted by Gasteiger charge is 2.28. The van der Waals surface area contributed by atoms with E-state index in [1.54, 1.807) is 4.90 Å². The van der Waals surface area contributed by atoms with Gasteiger partial charge in [-0.1, -0.05) is 42.5 Å². The molecule has 2 amide bonds. The highest BCUT2D eigenvalue weighted by molar-refractivity contribution is 5.98. The van der Waals surface area contributed by atoms with E-state index in [4.69, 9.17) is 9.47 Å². The van der Waals surface area contributed by atoms with Gasteiger partial charge in [0.1, 0.15) is 11.9 Å². The molecule has 2 heterocycles. The minimum absolute atomic E-state index is 0.0127. The van der Waals surface area contributed by atoms with Crippen LogP contribution in [0.1, 0.15) is 18.1 Å². The molecule has 0 aliphatic carbocycles. The summed E-state index contributed by atoms with van der Waals surface area (Å²) in [7, 11) is 0. The third-order valence-corrected chi connectivity index (χ3v) is 4.95. The fourth-order valence-corrected chi connectivity index (χ4v) is 3.51. The topological polar surface area (TPSA) is 59.1 Å². The molecule has 6 nitrogen and oxygen atoms in total. The number of carbonyl (C=O) groups is 2. The summed E-state index contributed by atoms with van der Waals surface area (Å²) in [5, 5.41) is 0. The van der Waals surface area contributed by atoms with Crippen LogP contribution in [0.3, 0.4) is 0 Å². The Bertz CT molecular complexity index is 824. The first-order valence-corrected chi connectivity index (χ1v) is 9.19. The van der Waals surface area contributed by atoms with Crippen molar-refractivity contribution in [3.05, 3.63) is 60.2 Å². The van der Waals surface area contributed by atoms with E-state index in [1.165, 1.54) is 0 Å². The van der Waals surface area contributed by atoms with E-state index in [1.807, 2.05) is 59.5 Å². The Morgan fingerprint density at radius 1 is 1.07 bits per heavy atom. The number of nitrogens with zero attached hydrogens (tertiary/aromatic N) is 2. The lowest BCUT2D eigenvalue weighted by Gasteiger charge is -2.34. The summed E-state index contributed by atoms with van der Waals surface area (Å²) in [5.41, 5.74) is 1.80. The SMILES string of the molecule is O=C(CCN1C(=O)COc2ccccc21)N1CCOC(c2ccccc2)C1. The van der Waals surface area contributed by atoms with Gasteiger partial charge in [-0.2, -0.15) is 0 Å². The minimum atomic E-state index is -0.120. The lowest BCUT2D eigenvalue weighted by atomic mass is 10.1. The zero-order valence-corrected chi connectivity index (χ0v) is 15.0. The second-order valence-corrected chi connectivity index (χ2v) is 6.66. The van der Waals surface area contributed by atoms with Gasteiger partial charge in [-0.15, -0.1) is 0 Å². The van der Waals surface area contributed by atoms with Crippen LogP contribution in [0.2, 0.25) is 0 Å². The Hall–Kier alpha value is -2.86. The Labute approximate surface area is 158 Å². The van der Waals surface area contributed by atoms with Gasteiger partial charge in [0.05, 0.1) is 18.8 Å². The summed E-state index contributed by atoms with van der Waals surface area (Å²) >= 11 is 0. The number of para-hydroxylation sites is 2. The summed E-state index contributed by atoms with van der Waals surface area (Å²) in [5.74, 6) is 0.599. The molecule has 0 saturated carbocycles. The van der Waals surface area contributed by atoms with Crippen molar-refractivity contribution in [2.45, 2.75) is 12.5 Å². The molecule has 1 saturated heterocycles. The number of ether oxygens (including phenoxy) is 2. The Balaban J connectivity index is 1.39. The van der Waals surface area contributed by atoms with Crippen LogP contribution in [0.15, 0.2) is 54.6 Å². The zero-order valence-electron chi connectivity index (χ0n) is 15.0. The highest BCUT2D eigenvalue weighted by atomic mass is 16.5. The van der Waals surface area contributed by atoms with Crippen molar-refractivity contribution < 1.29 is 19.1 Å². The van der Waals surface area contributed by atoms with Gasteiger partial charge >= 0.3 is 0 Å². The first kappa shape index (κ1) is 17.5. The van der Waals surface area contributed by atoms with Gasteiger partial charge in [0.25, 0.3) is 5.91 Å². The molecule has 0 N–H and O–H groups in total. The van der Waals surface area contributed by atoms with E-state index in [0.717, 1.165) is 11.3 Å². The number of carbonyl (C=O) groups excluding carboxylic acids is 2. The number of amides is 2. The molecule has 6 heteroatoms. The van der Waals surface area contributed by atoms with Crippen LogP contribution in [-0.4, -0.2) is 49.6 Å². The molecule has 0 aromatic heterocycles. The average Bonchev–Trinajstić information content (AvgIpc) is 2.73. The standard InChI is InChI=1S/C21H22N2O4/c24-20(22-12-13-26-19(14-22)16-6-2-1-3-7-16)10-11-23-17-8-4-5-9-18(17)27-15-21(23)25/h1-9,19H,10-15H2. The van der Waals surface area contributed by atoms with Crippen LogP contribution in [0, 0.1) is 0 Å². The smallest absolute Gasteiger partial charge is 0.265 e. The number of rotatable bonds is 4. The van der Waals surface area contributed by atoms with Crippen molar-refractivity contribution in [3.8, 4) is 5.75 Å². The maximum atomic E-state index is 12.7. The second kappa shape index (κ2) is 7.80. The van der Waals surface area contributed by atoms with Crippen LogP contribution in [0.25, 0.3) is 0 Å². The van der Waals surface area contributed by atoms with E-state index in [0.29, 0.717) is 32.0 Å². The van der Waals surface area contributed by atoms with Crippen molar-refractivity contribution in [1.29, 1.82) is 0 Å². The number of hydrogen-bond donors (Lipinski definition) is 0. The Kier molecular flexibility index (Phi) is 5.07. The maximum Gasteiger partial charge on any atom is 0.265 e. The molecule has 1 atom stereocenters. The zero-order chi connectivity index (χ0) is 18.6. The predicted molar refractivity (Wildman–Crippen MR) is 101 cm³/mol. The van der Waals surface area contributed by atoms with E-state index < -0.39 is 0 Å². The van der Waals surface area contributed by atoms with Crippen LogP contribution in [0.4, 0.5) is 5.69 Å². The third kappa shape index (κ3) is 3.80. The van der Waals surface area contributed by atoms with Crippen molar-refractivity contribution in [2.75, 3.05) is 37.7 Å². The largest absolute Gasteiger partial charge is 0.482 e. The quantitative estimate of drug-likeness (QED) is 0.834. The number of hydrogen-bond acceptors (Lipinski definition) is 4. The molecule has 2 aliphatic rings. The number of anilines is 1. The molecule has 2 aliphatic heterocycles. The van der Waals surface area contributed by atoms with Crippen molar-refractivity contribution in [1.82, 2.24) is 4.90 Å². The van der Waals surface area contributed by atoms with Crippen LogP contribution in [-0.2, 0) is 14.3 Å². The fourth-order valence-electron chi connectivity index (χ4n) is 3.51. The fraction of sp³-hybridized carbons (Fsp3) is 0.333. The van der Waals surface area contributed by atoms with E-state index in [2.05, 4.69) is 0 Å². The summed E-state index contributed by atoms with van der Waals surface area (Å²) in [6.45, 7) is 2.00. The third-order valence-electron chi connectivity index (χ3n) is 4.95. The molecule has 140 valence electrons. The lowest BCUT2D eigenvalue weighted by molar-refractivity contribution is -0.138. The lowest BCUT2D eigenvalue weighted by Crippen LogP contribution is -2.45. The van der Waals surface area contributed by atoms with Crippen molar-refractivity contribution >= 4 is 17.5 Å². The first-order chi connectivity index (χ1) is 13.2. The second-order valence-electron chi connectivity index (χ2n) is 6.66. The molecular weight excluding hydrogens is 344 g/mol. The van der Waals surface area contributed by atoms with Gasteiger partial charge in [-0.25, -0.2) is 0 Å². The monoisotopic (exact) mass is 366 g/mol. The van der Waals surface area contributed by atoms with Gasteiger partial charge in [0.15, 0.2) is 6.61 Å². The molecule has 27 heavy (non-hydrogen) atoms. The molecule has 1 unspecified atom stereocenters. The summed E-state index contributed by atoms with van der Waals surface area (Å²) in [6.07, 6.45) is 0.177. The van der Waals surface area contributed by atoms with Crippen molar-refractivity contribution in [2.24, 2.45) is 0 Å². The van der Waals surface area contributed by atoms with Gasteiger partial charge < -0.3 is 19.3 Å². The Morgan fingerprint density at radius 3 is 2.70 bits per heavy atom. The van der Waals surface area contributed by atoms with Crippen LogP contribution >= 0.6 is 0 Å². The van der Waals surface area contributed by atoms with E-state index >= 15 is 0 Å². The van der Waals surface area contributed by atoms with Crippen LogP contribution in [0.5, 0.6) is 5.75 Å². The summed E-state index contributed by atoms with van der Waals surface area (Å²) in [6, 6.07) is 17.4. The van der Waals surface area contributed by atoms with E-state index in [9.17, 15) is 9.59 Å². The van der Waals surface area contributed by atoms with Crippen molar-refractivity contribution in [3.63, 3.8) is 0 Å². The maximum absolute atomic E-state index is 12.7. The van der Waals surface area contributed by atoms with E-state index in [-0.39, 0.29) is 30.9 Å².